The summed E-state index contributed by atoms with van der Waals surface area (Å²) in [6.07, 6.45) is 8.35. The maximum absolute atomic E-state index is 9.06. The summed E-state index contributed by atoms with van der Waals surface area (Å²) in [4.78, 5) is 0. The lowest BCUT2D eigenvalue weighted by molar-refractivity contribution is 0.407. The minimum Gasteiger partial charge on any atom is -0.508 e. The molecule has 2 N–H and O–H groups in total. The van der Waals surface area contributed by atoms with Gasteiger partial charge in [0.05, 0.1) is 0 Å². The molecule has 2 nitrogen and oxygen atoms in total. The topological polar surface area (TPSA) is 40.5 Å². The summed E-state index contributed by atoms with van der Waals surface area (Å²) in [7, 11) is 0. The number of aryl methyl sites for hydroxylation is 1. The van der Waals surface area contributed by atoms with E-state index in [-0.39, 0.29) is 11.5 Å². The van der Waals surface area contributed by atoms with Gasteiger partial charge in [0.2, 0.25) is 0 Å². The first-order valence-electron chi connectivity index (χ1n) is 8.21. The Morgan fingerprint density at radius 2 is 1.83 bits per heavy atom. The average Bonchev–Trinajstić information content (AvgIpc) is 2.48. The smallest absolute Gasteiger partial charge is 0.119 e. The van der Waals surface area contributed by atoms with E-state index in [2.05, 4.69) is 72.0 Å². The van der Waals surface area contributed by atoms with Crippen LogP contribution in [-0.4, -0.2) is 18.1 Å². The van der Waals surface area contributed by atoms with E-state index in [0.717, 1.165) is 24.3 Å². The van der Waals surface area contributed by atoms with Crippen molar-refractivity contribution in [3.63, 3.8) is 0 Å². The Hall–Kier alpha value is 0.0200. The highest BCUT2D eigenvalue weighted by Crippen LogP contribution is 2.39. The quantitative estimate of drug-likeness (QED) is 0.262. The number of phenolic OH excluding ortho intramolecular Hbond substituents is 2. The van der Waals surface area contributed by atoms with Gasteiger partial charge in [-0.05, 0) is 63.1 Å². The van der Waals surface area contributed by atoms with Gasteiger partial charge in [-0.1, -0.05) is 70.2 Å². The van der Waals surface area contributed by atoms with E-state index in [1.165, 1.54) is 29.8 Å². The number of hydrogen-bond donors (Lipinski definition) is 2. The van der Waals surface area contributed by atoms with Crippen LogP contribution in [-0.2, 0) is 6.42 Å². The van der Waals surface area contributed by atoms with E-state index in [0.29, 0.717) is 3.42 Å². The van der Waals surface area contributed by atoms with Crippen molar-refractivity contribution in [2.24, 2.45) is 5.92 Å². The Morgan fingerprint density at radius 3 is 2.26 bits per heavy atom. The van der Waals surface area contributed by atoms with Gasteiger partial charge < -0.3 is 10.2 Å². The molecule has 0 saturated carbocycles. The van der Waals surface area contributed by atoms with Crippen LogP contribution in [0, 0.1) is 5.92 Å². The molecule has 0 aromatic heterocycles. The summed E-state index contributed by atoms with van der Waals surface area (Å²) >= 11 is 5.14. The first-order chi connectivity index (χ1) is 10.8. The second-order valence-corrected chi connectivity index (χ2v) is 9.77. The van der Waals surface area contributed by atoms with Crippen molar-refractivity contribution in [3.8, 4) is 11.5 Å². The largest absolute Gasteiger partial charge is 0.508 e. The highest BCUT2D eigenvalue weighted by molar-refractivity contribution is 14.1. The molecule has 0 heterocycles. The summed E-state index contributed by atoms with van der Waals surface area (Å²) < 4.78 is 1.78. The number of hydrogen-bond acceptors (Lipinski definition) is 2. The Kier molecular flexibility index (Phi) is 9.26. The van der Waals surface area contributed by atoms with Gasteiger partial charge >= 0.3 is 0 Å². The minimum atomic E-state index is 0.133. The van der Waals surface area contributed by atoms with Crippen molar-refractivity contribution in [1.82, 2.24) is 0 Å². The number of allylic oxidation sites excluding steroid dienone is 2. The summed E-state index contributed by atoms with van der Waals surface area (Å²) in [5, 5.41) is 18.1. The zero-order chi connectivity index (χ0) is 17.5. The molecule has 2 rings (SSSR count). The number of halogens is 2. The van der Waals surface area contributed by atoms with Crippen molar-refractivity contribution >= 4 is 45.2 Å². The van der Waals surface area contributed by atoms with Crippen LogP contribution >= 0.6 is 45.2 Å². The zero-order valence-electron chi connectivity index (χ0n) is 14.3. The van der Waals surface area contributed by atoms with E-state index in [1.54, 1.807) is 17.7 Å². The Labute approximate surface area is 168 Å². The molecule has 0 spiro atoms. The lowest BCUT2D eigenvalue weighted by Crippen LogP contribution is -2.30. The number of phenols is 2. The molecular formula is C19H28I2O2. The van der Waals surface area contributed by atoms with Gasteiger partial charge in [-0.25, -0.2) is 0 Å². The third-order valence-corrected chi connectivity index (χ3v) is 8.56. The number of benzene rings is 1. The monoisotopic (exact) mass is 542 g/mol. The number of aromatic hydroxyl groups is 2. The second-order valence-electron chi connectivity index (χ2n) is 6.54. The molecule has 2 unspecified atom stereocenters. The molecule has 4 heteroatoms. The van der Waals surface area contributed by atoms with Crippen LogP contribution in [0.5, 0.6) is 11.5 Å². The predicted molar refractivity (Wildman–Crippen MR) is 116 cm³/mol. The minimum absolute atomic E-state index is 0.133. The normalized spacial score (nSPS) is 20.0. The fourth-order valence-electron chi connectivity index (χ4n) is 2.71. The molecule has 1 aromatic rings. The van der Waals surface area contributed by atoms with Crippen molar-refractivity contribution in [2.45, 2.75) is 56.3 Å². The Morgan fingerprint density at radius 1 is 1.22 bits per heavy atom. The molecule has 0 aliphatic heterocycles. The lowest BCUT2D eigenvalue weighted by atomic mass is 9.83. The van der Waals surface area contributed by atoms with Gasteiger partial charge in [0.25, 0.3) is 0 Å². The van der Waals surface area contributed by atoms with Gasteiger partial charge in [-0.15, -0.1) is 0 Å². The van der Waals surface area contributed by atoms with Crippen molar-refractivity contribution < 1.29 is 10.2 Å². The molecular weight excluding hydrogens is 514 g/mol. The lowest BCUT2D eigenvalue weighted by Gasteiger charge is -2.33. The number of rotatable bonds is 4. The van der Waals surface area contributed by atoms with Crippen molar-refractivity contribution in [3.05, 3.63) is 35.4 Å². The van der Waals surface area contributed by atoms with Crippen LogP contribution in [0.15, 0.2) is 29.8 Å². The standard InChI is InChI=1S/C10H16I2.C9H12O2/c1-8-3-5-9(6-4-8)10(2,12)7-11;1-2-3-7-4-8(10)6-9(11)5-7/h3,9H,4-7H2,1-2H3;4-6,10-11H,2-3H2,1H3. The zero-order valence-corrected chi connectivity index (χ0v) is 18.6. The van der Waals surface area contributed by atoms with Crippen LogP contribution in [0.4, 0.5) is 0 Å². The first-order valence-corrected chi connectivity index (χ1v) is 10.8. The van der Waals surface area contributed by atoms with Crippen LogP contribution < -0.4 is 0 Å². The summed E-state index contributed by atoms with van der Waals surface area (Å²) in [6, 6.07) is 4.67. The average molecular weight is 542 g/mol. The third kappa shape index (κ3) is 7.63. The number of alkyl halides is 2. The van der Waals surface area contributed by atoms with E-state index < -0.39 is 0 Å². The van der Waals surface area contributed by atoms with E-state index in [9.17, 15) is 0 Å². The summed E-state index contributed by atoms with van der Waals surface area (Å²) in [6.45, 7) is 6.70. The van der Waals surface area contributed by atoms with E-state index in [4.69, 9.17) is 10.2 Å². The summed E-state index contributed by atoms with van der Waals surface area (Å²) in [5.74, 6) is 1.17. The van der Waals surface area contributed by atoms with E-state index in [1.807, 2.05) is 0 Å². The molecule has 0 saturated heterocycles. The maximum atomic E-state index is 9.06. The van der Waals surface area contributed by atoms with E-state index >= 15 is 0 Å². The Bertz CT molecular complexity index is 504. The molecule has 0 bridgehead atoms. The second kappa shape index (κ2) is 10.1. The molecule has 0 radical (unpaired) electrons. The van der Waals surface area contributed by atoms with Crippen LogP contribution in [0.25, 0.3) is 0 Å². The van der Waals surface area contributed by atoms with Gasteiger partial charge in [0.15, 0.2) is 0 Å². The SMILES string of the molecule is CC1=CCC(C(C)(I)CI)CC1.CCCc1cc(O)cc(O)c1. The molecule has 130 valence electrons. The first kappa shape index (κ1) is 21.1. The third-order valence-electron chi connectivity index (χ3n) is 4.25. The van der Waals surface area contributed by atoms with Gasteiger partial charge in [-0.3, -0.25) is 0 Å². The summed E-state index contributed by atoms with van der Waals surface area (Å²) in [5.41, 5.74) is 2.57. The van der Waals surface area contributed by atoms with Gasteiger partial charge in [0.1, 0.15) is 11.5 Å². The molecule has 2 atom stereocenters. The predicted octanol–water partition coefficient (Wildman–Crippen LogP) is 6.41. The molecule has 1 aliphatic carbocycles. The van der Waals surface area contributed by atoms with Gasteiger partial charge in [-0.2, -0.15) is 0 Å². The van der Waals surface area contributed by atoms with Crippen LogP contribution in [0.2, 0.25) is 0 Å². The Balaban J connectivity index is 0.000000231. The highest BCUT2D eigenvalue weighted by atomic mass is 127. The fraction of sp³-hybridized carbons (Fsp3) is 0.579. The van der Waals surface area contributed by atoms with Crippen molar-refractivity contribution in [2.75, 3.05) is 4.43 Å². The van der Waals surface area contributed by atoms with Crippen LogP contribution in [0.1, 0.15) is 52.0 Å². The van der Waals surface area contributed by atoms with Gasteiger partial charge in [0, 0.05) is 13.9 Å². The van der Waals surface area contributed by atoms with Crippen LogP contribution in [0.3, 0.4) is 0 Å². The molecule has 0 amide bonds. The fourth-order valence-corrected chi connectivity index (χ4v) is 3.90. The molecule has 0 fully saturated rings. The molecule has 1 aromatic carbocycles. The maximum Gasteiger partial charge on any atom is 0.119 e. The molecule has 1 aliphatic rings. The van der Waals surface area contributed by atoms with Crippen molar-refractivity contribution in [1.29, 1.82) is 0 Å². The molecule has 23 heavy (non-hydrogen) atoms. The highest BCUT2D eigenvalue weighted by Gasteiger charge is 2.30.